The van der Waals surface area contributed by atoms with Gasteiger partial charge in [0.2, 0.25) is 5.91 Å². The van der Waals surface area contributed by atoms with Gasteiger partial charge in [-0.2, -0.15) is 0 Å². The van der Waals surface area contributed by atoms with Crippen LogP contribution in [0.4, 0.5) is 28.7 Å². The van der Waals surface area contributed by atoms with E-state index in [1.165, 1.54) is 37.4 Å². The second-order valence-corrected chi connectivity index (χ2v) is 14.6. The monoisotopic (exact) mass is 714 g/mol. The van der Waals surface area contributed by atoms with E-state index in [9.17, 15) is 4.79 Å². The van der Waals surface area contributed by atoms with E-state index in [0.29, 0.717) is 47.5 Å². The summed E-state index contributed by atoms with van der Waals surface area (Å²) in [6.45, 7) is 11.9. The van der Waals surface area contributed by atoms with E-state index in [0.717, 1.165) is 68.3 Å². The number of nitrogens with one attached hydrogen (secondary N) is 2. The van der Waals surface area contributed by atoms with Crippen molar-refractivity contribution >= 4 is 34.6 Å². The lowest BCUT2D eigenvalue weighted by molar-refractivity contribution is -0.111. The van der Waals surface area contributed by atoms with E-state index < -0.39 is 0 Å². The van der Waals surface area contributed by atoms with Crippen LogP contribution in [0.5, 0.6) is 5.75 Å². The van der Waals surface area contributed by atoms with Crippen LogP contribution in [-0.4, -0.2) is 90.2 Å². The van der Waals surface area contributed by atoms with Gasteiger partial charge in [0.1, 0.15) is 17.9 Å². The summed E-state index contributed by atoms with van der Waals surface area (Å²) in [4.78, 5) is 35.8. The van der Waals surface area contributed by atoms with E-state index >= 15 is 0 Å². The Morgan fingerprint density at radius 3 is 2.45 bits per heavy atom. The molecule has 4 aromatic rings. The Morgan fingerprint density at radius 1 is 0.887 bits per heavy atom. The van der Waals surface area contributed by atoms with Crippen LogP contribution < -0.4 is 25.3 Å². The van der Waals surface area contributed by atoms with Gasteiger partial charge in [0.05, 0.1) is 36.8 Å². The summed E-state index contributed by atoms with van der Waals surface area (Å²) in [5.41, 5.74) is 5.80. The summed E-state index contributed by atoms with van der Waals surface area (Å²) in [5, 5.41) is 8.38. The highest BCUT2D eigenvalue weighted by Gasteiger charge is 2.38. The molecule has 3 aromatic carbocycles. The first kappa shape index (κ1) is 35.1. The topological polar surface area (TPSA) is 98.3 Å². The van der Waals surface area contributed by atoms with E-state index in [1.807, 2.05) is 29.3 Å². The van der Waals surface area contributed by atoms with Gasteiger partial charge in [-0.25, -0.2) is 15.0 Å². The Balaban J connectivity index is 0.993. The number of carbonyl (C=O) groups excluding carboxylic acids is 1. The number of piperazine rings is 1. The molecule has 11 nitrogen and oxygen atoms in total. The smallest absolute Gasteiger partial charge is 0.247 e. The molecule has 3 saturated heterocycles. The Hall–Kier alpha value is -4.97. The molecule has 53 heavy (non-hydrogen) atoms. The highest BCUT2D eigenvalue weighted by atomic mass is 16.7. The number of amides is 1. The molecular weight excluding hydrogens is 665 g/mol. The largest absolute Gasteiger partial charge is 0.494 e. The van der Waals surface area contributed by atoms with Gasteiger partial charge in [-0.3, -0.25) is 19.4 Å². The minimum atomic E-state index is -0.266. The fourth-order valence-electron chi connectivity index (χ4n) is 8.36. The van der Waals surface area contributed by atoms with E-state index in [-0.39, 0.29) is 11.9 Å². The van der Waals surface area contributed by atoms with Crippen LogP contribution in [0.1, 0.15) is 50.6 Å². The lowest BCUT2D eigenvalue weighted by Crippen LogP contribution is -2.57. The minimum absolute atomic E-state index is 0.00385. The average Bonchev–Trinajstić information content (AvgIpc) is 3.93. The van der Waals surface area contributed by atoms with Crippen molar-refractivity contribution in [3.05, 3.63) is 97.3 Å². The molecule has 3 aliphatic heterocycles. The van der Waals surface area contributed by atoms with Crippen molar-refractivity contribution in [3.8, 4) is 16.9 Å². The van der Waals surface area contributed by atoms with E-state index in [1.54, 1.807) is 7.11 Å². The second-order valence-electron chi connectivity index (χ2n) is 14.6. The van der Waals surface area contributed by atoms with Crippen LogP contribution in [0, 0.1) is 0 Å². The Labute approximate surface area is 312 Å². The van der Waals surface area contributed by atoms with E-state index in [2.05, 4.69) is 97.3 Å². The highest BCUT2D eigenvalue weighted by Crippen LogP contribution is 2.41. The number of methoxy groups -OCH3 is 1. The van der Waals surface area contributed by atoms with Crippen molar-refractivity contribution in [2.45, 2.75) is 63.2 Å². The van der Waals surface area contributed by atoms with Gasteiger partial charge < -0.3 is 20.3 Å². The highest BCUT2D eigenvalue weighted by molar-refractivity contribution is 6.02. The molecule has 4 aliphatic rings. The van der Waals surface area contributed by atoms with Gasteiger partial charge in [0, 0.05) is 69.4 Å². The quantitative estimate of drug-likeness (QED) is 0.158. The van der Waals surface area contributed by atoms with Crippen LogP contribution in [-0.2, 0) is 9.63 Å². The van der Waals surface area contributed by atoms with Crippen LogP contribution in [0.2, 0.25) is 0 Å². The molecular formula is C42H50N8O3. The molecule has 1 saturated carbocycles. The second kappa shape index (κ2) is 15.6. The molecule has 4 fully saturated rings. The zero-order valence-electron chi connectivity index (χ0n) is 30.8. The first-order chi connectivity index (χ1) is 26.0. The fourth-order valence-corrected chi connectivity index (χ4v) is 8.36. The SMILES string of the molecule is C=CC(=O)Nc1cc(Nc2cc(N3OCC[C@@H]3c3cccc(-c4ccccc4)c3)ncn2)c(OC)cc1N1CCC(N2CCN(C3CC3)[C@@H](C)C2)CC1. The number of ether oxygens (including phenoxy) is 1. The van der Waals surface area contributed by atoms with E-state index in [4.69, 9.17) is 9.57 Å². The number of hydroxylamine groups is 1. The third-order valence-electron chi connectivity index (χ3n) is 11.2. The maximum absolute atomic E-state index is 12.7. The van der Waals surface area contributed by atoms with Crippen LogP contribution in [0.15, 0.2) is 91.8 Å². The lowest BCUT2D eigenvalue weighted by Gasteiger charge is -2.46. The molecule has 1 aliphatic carbocycles. The van der Waals surface area contributed by atoms with Gasteiger partial charge in [0.15, 0.2) is 5.82 Å². The Morgan fingerprint density at radius 2 is 1.70 bits per heavy atom. The molecule has 2 atom stereocenters. The number of benzene rings is 3. The van der Waals surface area contributed by atoms with Crippen molar-refractivity contribution < 1.29 is 14.4 Å². The van der Waals surface area contributed by atoms with Gasteiger partial charge in [-0.05, 0) is 67.5 Å². The number of hydrogen-bond acceptors (Lipinski definition) is 10. The Kier molecular flexibility index (Phi) is 10.3. The number of hydrogen-bond donors (Lipinski definition) is 2. The van der Waals surface area contributed by atoms with Gasteiger partial charge in [0.25, 0.3) is 0 Å². The van der Waals surface area contributed by atoms with Crippen molar-refractivity contribution in [2.75, 3.05) is 67.0 Å². The molecule has 276 valence electrons. The summed E-state index contributed by atoms with van der Waals surface area (Å²) in [7, 11) is 1.67. The summed E-state index contributed by atoms with van der Waals surface area (Å²) >= 11 is 0. The normalized spacial score (nSPS) is 21.4. The number of aromatic nitrogens is 2. The maximum atomic E-state index is 12.7. The minimum Gasteiger partial charge on any atom is -0.494 e. The summed E-state index contributed by atoms with van der Waals surface area (Å²) < 4.78 is 5.94. The molecule has 11 heteroatoms. The molecule has 1 aromatic heterocycles. The fraction of sp³-hybridized carbons (Fsp3) is 0.405. The van der Waals surface area contributed by atoms with Crippen LogP contribution in [0.25, 0.3) is 11.1 Å². The third-order valence-corrected chi connectivity index (χ3v) is 11.2. The number of nitrogens with zero attached hydrogens (tertiary/aromatic N) is 6. The standard InChI is InChI=1S/C42H50N8O3/c1-4-42(51)46-35-24-36(39(52-3)25-38(35)47-18-15-33(16-19-47)48-20-21-49(29(2)27-48)34-13-14-34)45-40-26-41(44-28-43-40)50-37(17-22-53-50)32-12-8-11-31(23-32)30-9-6-5-7-10-30/h4-12,23-26,28-29,33-34,37H,1,13-22,27H2,2-3H3,(H,46,51)(H,43,44,45)/t29-,37+/m0/s1. The predicted molar refractivity (Wildman–Crippen MR) is 211 cm³/mol. The summed E-state index contributed by atoms with van der Waals surface area (Å²) in [6.07, 6.45) is 8.55. The van der Waals surface area contributed by atoms with Crippen molar-refractivity contribution in [1.29, 1.82) is 0 Å². The van der Waals surface area contributed by atoms with Gasteiger partial charge in [-0.15, -0.1) is 0 Å². The zero-order valence-corrected chi connectivity index (χ0v) is 30.8. The van der Waals surface area contributed by atoms with Gasteiger partial charge in [-0.1, -0.05) is 55.1 Å². The number of carbonyl (C=O) groups is 1. The van der Waals surface area contributed by atoms with Gasteiger partial charge >= 0.3 is 0 Å². The molecule has 4 heterocycles. The molecule has 1 amide bonds. The van der Waals surface area contributed by atoms with Crippen molar-refractivity contribution in [2.24, 2.45) is 0 Å². The number of anilines is 5. The number of piperidine rings is 1. The van der Waals surface area contributed by atoms with Crippen molar-refractivity contribution in [1.82, 2.24) is 19.8 Å². The molecule has 0 unspecified atom stereocenters. The molecule has 0 radical (unpaired) electrons. The first-order valence-corrected chi connectivity index (χ1v) is 19.0. The van der Waals surface area contributed by atoms with Crippen LogP contribution in [0.3, 0.4) is 0 Å². The summed E-state index contributed by atoms with van der Waals surface area (Å²) in [5.74, 6) is 1.61. The first-order valence-electron chi connectivity index (χ1n) is 19.0. The summed E-state index contributed by atoms with van der Waals surface area (Å²) in [6, 6.07) is 26.8. The van der Waals surface area contributed by atoms with Crippen molar-refractivity contribution in [3.63, 3.8) is 0 Å². The lowest BCUT2D eigenvalue weighted by atomic mass is 9.98. The van der Waals surface area contributed by atoms with Crippen LogP contribution >= 0.6 is 0 Å². The third kappa shape index (κ3) is 7.74. The number of rotatable bonds is 11. The molecule has 0 bridgehead atoms. The Bertz CT molecular complexity index is 1910. The molecule has 8 rings (SSSR count). The predicted octanol–water partition coefficient (Wildman–Crippen LogP) is 7.04. The average molecular weight is 715 g/mol. The molecule has 0 spiro atoms. The zero-order chi connectivity index (χ0) is 36.3. The maximum Gasteiger partial charge on any atom is 0.247 e. The molecule has 2 N–H and O–H groups in total.